The molecule has 2 aromatic carbocycles. The molecule has 0 bridgehead atoms. The van der Waals surface area contributed by atoms with Gasteiger partial charge in [0.2, 0.25) is 15.9 Å². The number of carbonyl (C=O) groups is 2. The zero-order valence-corrected chi connectivity index (χ0v) is 31.5. The maximum Gasteiger partial charge on any atom is 0.401 e. The molecule has 1 N–H and O–H groups in total. The molecule has 3 saturated carbocycles. The smallest absolute Gasteiger partial charge is 0.401 e. The van der Waals surface area contributed by atoms with Crippen LogP contribution < -0.4 is 9.46 Å². The number of aromatic nitrogens is 1. The van der Waals surface area contributed by atoms with Crippen LogP contribution in [0.1, 0.15) is 93.5 Å². The van der Waals surface area contributed by atoms with E-state index in [1.165, 1.54) is 25.8 Å². The lowest BCUT2D eigenvalue weighted by atomic mass is 9.53. The Balaban J connectivity index is 1.19. The van der Waals surface area contributed by atoms with Crippen molar-refractivity contribution in [3.63, 3.8) is 0 Å². The molecule has 5 aliphatic rings. The third-order valence-corrected chi connectivity index (χ3v) is 15.0. The van der Waals surface area contributed by atoms with Crippen molar-refractivity contribution in [2.75, 3.05) is 39.8 Å². The molecule has 3 aliphatic carbocycles. The summed E-state index contributed by atoms with van der Waals surface area (Å²) >= 11 is 0. The first-order valence-corrected chi connectivity index (χ1v) is 20.6. The number of sulfonamides is 1. The molecule has 53 heavy (non-hydrogen) atoms. The zero-order chi connectivity index (χ0) is 37.6. The minimum Gasteiger partial charge on any atom is -0.497 e. The molecule has 1 aromatic heterocycles. The van der Waals surface area contributed by atoms with Crippen molar-refractivity contribution in [3.8, 4) is 17.0 Å². The van der Waals surface area contributed by atoms with Gasteiger partial charge in [-0.3, -0.25) is 14.5 Å². The summed E-state index contributed by atoms with van der Waals surface area (Å²) in [6.45, 7) is 4.22. The van der Waals surface area contributed by atoms with E-state index in [1.54, 1.807) is 24.1 Å². The van der Waals surface area contributed by atoms with E-state index in [1.807, 2.05) is 35.2 Å². The molecule has 286 valence electrons. The number of likely N-dealkylation sites (tertiary alicyclic amines) is 2. The quantitative estimate of drug-likeness (QED) is 0.237. The second-order valence-electron chi connectivity index (χ2n) is 16.9. The highest BCUT2D eigenvalue weighted by Crippen LogP contribution is 2.66. The molecule has 3 heterocycles. The highest BCUT2D eigenvalue weighted by atomic mass is 32.2. The van der Waals surface area contributed by atoms with Crippen molar-refractivity contribution in [2.45, 2.75) is 95.5 Å². The van der Waals surface area contributed by atoms with Gasteiger partial charge in [0.1, 0.15) is 5.75 Å². The van der Waals surface area contributed by atoms with Crippen LogP contribution in [0, 0.1) is 16.2 Å². The molecule has 0 radical (unpaired) electrons. The van der Waals surface area contributed by atoms with Gasteiger partial charge in [0.25, 0.3) is 5.91 Å². The summed E-state index contributed by atoms with van der Waals surface area (Å²) in [5.74, 6) is 0.348. The molecule has 2 unspecified atom stereocenters. The van der Waals surface area contributed by atoms with Crippen LogP contribution in [-0.2, 0) is 21.4 Å². The van der Waals surface area contributed by atoms with Crippen molar-refractivity contribution in [3.05, 3.63) is 53.6 Å². The Morgan fingerprint density at radius 1 is 0.925 bits per heavy atom. The van der Waals surface area contributed by atoms with E-state index in [9.17, 15) is 31.2 Å². The van der Waals surface area contributed by atoms with Gasteiger partial charge in [-0.1, -0.05) is 25.3 Å². The number of hydrogen-bond acceptors (Lipinski definition) is 6. The van der Waals surface area contributed by atoms with E-state index in [0.29, 0.717) is 45.6 Å². The predicted octanol–water partition coefficient (Wildman–Crippen LogP) is 7.10. The Morgan fingerprint density at radius 3 is 2.11 bits per heavy atom. The first kappa shape index (κ1) is 36.4. The van der Waals surface area contributed by atoms with Crippen LogP contribution in [0.3, 0.4) is 0 Å². The molecule has 5 fully saturated rings. The van der Waals surface area contributed by atoms with Gasteiger partial charge in [-0.15, -0.1) is 0 Å². The third-order valence-electron chi connectivity index (χ3n) is 13.3. The predicted molar refractivity (Wildman–Crippen MR) is 196 cm³/mol. The van der Waals surface area contributed by atoms with Crippen molar-refractivity contribution in [1.29, 1.82) is 0 Å². The maximum atomic E-state index is 14.7. The summed E-state index contributed by atoms with van der Waals surface area (Å²) in [5.41, 5.74) is 2.90. The summed E-state index contributed by atoms with van der Waals surface area (Å²) in [6.07, 6.45) is 4.23. The Hall–Kier alpha value is -3.58. The monoisotopic (exact) mass is 754 g/mol. The SMILES string of the molecule is COc1ccc(-c2c(C3CCCCC3)c3ccc(C(=O)NS(=O)(=O)C(C)C)cc3n2CC2(C(=O)N3CC45CCC4(CN(CC(F)(F)F)C5)C3)CC2)cc1. The lowest BCUT2D eigenvalue weighted by Gasteiger charge is -2.48. The van der Waals surface area contributed by atoms with Gasteiger partial charge in [-0.2, -0.15) is 13.2 Å². The highest BCUT2D eigenvalue weighted by molar-refractivity contribution is 7.90. The third kappa shape index (κ3) is 6.23. The average molecular weight is 755 g/mol. The second-order valence-corrected chi connectivity index (χ2v) is 19.2. The molecule has 2 saturated heterocycles. The molecule has 8 rings (SSSR count). The molecule has 3 aromatic rings. The second kappa shape index (κ2) is 12.7. The van der Waals surface area contributed by atoms with Crippen LogP contribution in [0.25, 0.3) is 22.2 Å². The van der Waals surface area contributed by atoms with E-state index < -0.39 is 39.3 Å². The van der Waals surface area contributed by atoms with Gasteiger partial charge in [-0.05, 0) is 106 Å². The minimum atomic E-state index is -4.25. The minimum absolute atomic E-state index is 0.0635. The summed E-state index contributed by atoms with van der Waals surface area (Å²) in [6, 6.07) is 13.3. The number of halogens is 3. The molecule has 0 spiro atoms. The number of nitrogens with zero attached hydrogens (tertiary/aromatic N) is 3. The molecule has 2 amide bonds. The van der Waals surface area contributed by atoms with Crippen LogP contribution >= 0.6 is 0 Å². The van der Waals surface area contributed by atoms with Crippen LogP contribution in [-0.4, -0.2) is 85.9 Å². The molecule has 9 nitrogen and oxygen atoms in total. The average Bonchev–Trinajstić information content (AvgIpc) is 3.73. The standard InChI is InChI=1S/C40H49F3N4O5S/c1-26(2)53(50,51)44-35(48)29-11-14-31-32(19-29)47(34(28-9-12-30(52-3)13-10-28)33(31)27-7-5-4-6-8-27)20-37(15-16-37)36(49)46-23-38-17-18-39(38,24-46)22-45(21-38)25-40(41,42)43/h9-14,19,26-27H,4-8,15-18,20-25H2,1-3H3,(H,44,48). The largest absolute Gasteiger partial charge is 0.497 e. The van der Waals surface area contributed by atoms with E-state index in [4.69, 9.17) is 4.74 Å². The van der Waals surface area contributed by atoms with Gasteiger partial charge in [0.05, 0.1) is 30.0 Å². The Labute approximate surface area is 309 Å². The summed E-state index contributed by atoms with van der Waals surface area (Å²) in [4.78, 5) is 31.7. The Morgan fingerprint density at radius 2 is 1.57 bits per heavy atom. The zero-order valence-electron chi connectivity index (χ0n) is 30.7. The Kier molecular flexibility index (Phi) is 8.75. The molecular weight excluding hydrogens is 706 g/mol. The molecular formula is C40H49F3N4O5S. The van der Waals surface area contributed by atoms with Crippen LogP contribution in [0.5, 0.6) is 5.75 Å². The lowest BCUT2D eigenvalue weighted by Crippen LogP contribution is -2.49. The number of fused-ring (bicyclic) bond motifs is 1. The van der Waals surface area contributed by atoms with Crippen LogP contribution in [0.15, 0.2) is 42.5 Å². The fraction of sp³-hybridized carbons (Fsp3) is 0.600. The van der Waals surface area contributed by atoms with Gasteiger partial charge in [-0.25, -0.2) is 13.1 Å². The van der Waals surface area contributed by atoms with E-state index in [0.717, 1.165) is 66.4 Å². The Bertz CT molecular complexity index is 2030. The molecule has 13 heteroatoms. The number of ether oxygens (including phenoxy) is 1. The number of alkyl halides is 3. The van der Waals surface area contributed by atoms with Gasteiger partial charge in [0.15, 0.2) is 0 Å². The maximum absolute atomic E-state index is 14.7. The first-order valence-electron chi connectivity index (χ1n) is 19.0. The normalized spacial score (nSPS) is 25.7. The van der Waals surface area contributed by atoms with E-state index in [2.05, 4.69) is 9.29 Å². The van der Waals surface area contributed by atoms with Crippen molar-refractivity contribution in [1.82, 2.24) is 19.1 Å². The highest BCUT2D eigenvalue weighted by Gasteiger charge is 2.70. The van der Waals surface area contributed by atoms with Crippen molar-refractivity contribution in [2.24, 2.45) is 16.2 Å². The molecule has 2 atom stereocenters. The van der Waals surface area contributed by atoms with Crippen molar-refractivity contribution < 1.29 is 35.9 Å². The topological polar surface area (TPSA) is 101 Å². The fourth-order valence-corrected chi connectivity index (χ4v) is 10.8. The van der Waals surface area contributed by atoms with E-state index in [-0.39, 0.29) is 28.2 Å². The summed E-state index contributed by atoms with van der Waals surface area (Å²) < 4.78 is 75.4. The van der Waals surface area contributed by atoms with Crippen LogP contribution in [0.2, 0.25) is 0 Å². The van der Waals surface area contributed by atoms with Crippen molar-refractivity contribution >= 4 is 32.7 Å². The number of amides is 2. The van der Waals surface area contributed by atoms with Gasteiger partial charge in [0, 0.05) is 60.0 Å². The van der Waals surface area contributed by atoms with Gasteiger partial charge < -0.3 is 14.2 Å². The summed E-state index contributed by atoms with van der Waals surface area (Å²) in [7, 11) is -2.24. The number of rotatable bonds is 10. The number of carbonyl (C=O) groups excluding carboxylic acids is 2. The number of methoxy groups -OCH3 is 1. The van der Waals surface area contributed by atoms with Crippen LogP contribution in [0.4, 0.5) is 13.2 Å². The van der Waals surface area contributed by atoms with Gasteiger partial charge >= 0.3 is 6.18 Å². The number of benzene rings is 2. The fourth-order valence-electron chi connectivity index (χ4n) is 10.2. The van der Waals surface area contributed by atoms with E-state index >= 15 is 0 Å². The summed E-state index contributed by atoms with van der Waals surface area (Å²) in [5, 5.41) is 0.206. The first-order chi connectivity index (χ1) is 25.1. The lowest BCUT2D eigenvalue weighted by molar-refractivity contribution is -0.146. The number of hydrogen-bond donors (Lipinski definition) is 1. The number of nitrogens with one attached hydrogen (secondary N) is 1. The molecule has 2 aliphatic heterocycles.